The van der Waals surface area contributed by atoms with Gasteiger partial charge in [-0.15, -0.1) is 0 Å². The van der Waals surface area contributed by atoms with Crippen molar-refractivity contribution in [3.05, 3.63) is 16.7 Å². The van der Waals surface area contributed by atoms with Crippen molar-refractivity contribution in [2.45, 2.75) is 136 Å². The molecule has 2 rings (SSSR count). The summed E-state index contributed by atoms with van der Waals surface area (Å²) in [6.07, 6.45) is 3.35. The maximum Gasteiger partial charge on any atom is 0.305 e. The van der Waals surface area contributed by atoms with Crippen LogP contribution >= 0.6 is 0 Å². The Morgan fingerprint density at radius 3 is 1.82 bits per heavy atom. The summed E-state index contributed by atoms with van der Waals surface area (Å²) in [7, 11) is -1.09. The fraction of sp³-hybridized carbons (Fsp3) is 0.774. The number of hydrogen-bond donors (Lipinski definition) is 0. The lowest BCUT2D eigenvalue weighted by molar-refractivity contribution is -0.140. The lowest BCUT2D eigenvalue weighted by Crippen LogP contribution is -2.45. The van der Waals surface area contributed by atoms with Gasteiger partial charge in [0.05, 0.1) is 14.2 Å². The molecule has 0 N–H and O–H groups in total. The van der Waals surface area contributed by atoms with Gasteiger partial charge in [-0.25, -0.2) is 0 Å². The molecule has 0 unspecified atom stereocenters. The van der Waals surface area contributed by atoms with Gasteiger partial charge in [-0.05, 0) is 80.2 Å². The van der Waals surface area contributed by atoms with Crippen LogP contribution in [0.3, 0.4) is 0 Å². The SMILES string of the molecule is COC(=O)CC[C@H](C)[C@H]1CC[C@H](C)c2c(O[Si](C)(C)C(C)(C)C)c(OC)c(C)c(O[Si](C)(C)C(C)(C)C)c21. The minimum absolute atomic E-state index is 0.0558. The third-order valence-corrected chi connectivity index (χ3v) is 18.3. The van der Waals surface area contributed by atoms with E-state index in [4.69, 9.17) is 18.3 Å². The number of ether oxygens (including phenoxy) is 2. The molecule has 0 fully saturated rings. The Labute approximate surface area is 235 Å². The molecule has 0 spiro atoms. The Morgan fingerprint density at radius 1 is 0.868 bits per heavy atom. The van der Waals surface area contributed by atoms with E-state index < -0.39 is 16.6 Å². The van der Waals surface area contributed by atoms with Gasteiger partial charge >= 0.3 is 5.97 Å². The Kier molecular flexibility index (Phi) is 9.96. The van der Waals surface area contributed by atoms with Crippen molar-refractivity contribution in [1.29, 1.82) is 0 Å². The zero-order valence-corrected chi connectivity index (χ0v) is 29.1. The number of methoxy groups -OCH3 is 2. The fourth-order valence-electron chi connectivity index (χ4n) is 4.93. The van der Waals surface area contributed by atoms with Crippen LogP contribution < -0.4 is 13.6 Å². The van der Waals surface area contributed by atoms with Crippen LogP contribution in [0.2, 0.25) is 36.3 Å². The van der Waals surface area contributed by atoms with E-state index in [2.05, 4.69) is 88.5 Å². The number of carbonyl (C=O) groups excluding carboxylic acids is 1. The van der Waals surface area contributed by atoms with E-state index in [1.54, 1.807) is 7.11 Å². The smallest absolute Gasteiger partial charge is 0.305 e. The molecule has 0 radical (unpaired) electrons. The van der Waals surface area contributed by atoms with Crippen LogP contribution in [0.5, 0.6) is 17.2 Å². The third-order valence-electron chi connectivity index (χ3n) is 9.69. The summed E-state index contributed by atoms with van der Waals surface area (Å²) in [5.41, 5.74) is 3.58. The van der Waals surface area contributed by atoms with Crippen LogP contribution in [0.15, 0.2) is 0 Å². The van der Waals surface area contributed by atoms with Gasteiger partial charge in [0.25, 0.3) is 16.6 Å². The van der Waals surface area contributed by atoms with Crippen LogP contribution in [0.4, 0.5) is 0 Å². The second kappa shape index (κ2) is 11.6. The summed E-state index contributed by atoms with van der Waals surface area (Å²) in [6, 6.07) is 0. The number of benzene rings is 1. The predicted octanol–water partition coefficient (Wildman–Crippen LogP) is 9.34. The molecule has 0 saturated heterocycles. The highest BCUT2D eigenvalue weighted by molar-refractivity contribution is 6.75. The minimum atomic E-state index is -2.16. The molecule has 0 aliphatic heterocycles. The fourth-order valence-corrected chi connectivity index (χ4v) is 7.03. The first-order chi connectivity index (χ1) is 17.2. The average molecular weight is 565 g/mol. The minimum Gasteiger partial charge on any atom is -0.543 e. The topological polar surface area (TPSA) is 54.0 Å². The van der Waals surface area contributed by atoms with E-state index in [0.29, 0.717) is 18.3 Å². The molecule has 3 atom stereocenters. The van der Waals surface area contributed by atoms with Gasteiger partial charge in [0.1, 0.15) is 5.75 Å². The number of hydrogen-bond acceptors (Lipinski definition) is 5. The van der Waals surface area contributed by atoms with Gasteiger partial charge in [0, 0.05) is 23.1 Å². The van der Waals surface area contributed by atoms with Gasteiger partial charge in [0.2, 0.25) is 0 Å². The highest BCUT2D eigenvalue weighted by Gasteiger charge is 2.45. The van der Waals surface area contributed by atoms with E-state index >= 15 is 0 Å². The second-order valence-electron chi connectivity index (χ2n) is 14.5. The monoisotopic (exact) mass is 564 g/mol. The Hall–Kier alpha value is -1.48. The molecule has 38 heavy (non-hydrogen) atoms. The molecule has 5 nitrogen and oxygen atoms in total. The molecular formula is C31H56O5Si2. The van der Waals surface area contributed by atoms with Crippen molar-refractivity contribution >= 4 is 22.6 Å². The molecule has 1 aliphatic rings. The summed E-state index contributed by atoms with van der Waals surface area (Å²) >= 11 is 0. The van der Waals surface area contributed by atoms with E-state index in [0.717, 1.165) is 42.1 Å². The largest absolute Gasteiger partial charge is 0.543 e. The number of fused-ring (bicyclic) bond motifs is 1. The normalized spacial score (nSPS) is 19.4. The van der Waals surface area contributed by atoms with Crippen molar-refractivity contribution < 1.29 is 23.1 Å². The zero-order chi connectivity index (χ0) is 29.4. The maximum absolute atomic E-state index is 12.0. The molecule has 0 aromatic heterocycles. The predicted molar refractivity (Wildman–Crippen MR) is 164 cm³/mol. The highest BCUT2D eigenvalue weighted by Crippen LogP contribution is 2.58. The summed E-state index contributed by atoms with van der Waals surface area (Å²) < 4.78 is 25.4. The molecule has 0 heterocycles. The standard InChI is InChI=1S/C31H56O5Si2/c1-20(17-19-24(32)33-10)23-18-16-21(2)25-26(23)27(35-37(12,13)30(4,5)6)22(3)28(34-11)29(25)36-38(14,15)31(7,8)9/h20-21,23H,16-19H2,1-15H3/t20-,21-,23+/m0/s1. The van der Waals surface area contributed by atoms with Gasteiger partial charge in [-0.2, -0.15) is 0 Å². The van der Waals surface area contributed by atoms with E-state index in [-0.39, 0.29) is 22.0 Å². The number of rotatable bonds is 9. The van der Waals surface area contributed by atoms with Crippen molar-refractivity contribution in [2.75, 3.05) is 14.2 Å². The van der Waals surface area contributed by atoms with Crippen LogP contribution in [0.1, 0.15) is 110 Å². The molecule has 0 saturated carbocycles. The van der Waals surface area contributed by atoms with E-state index in [1.807, 2.05) is 0 Å². The summed E-state index contributed by atoms with van der Waals surface area (Å²) in [4.78, 5) is 12.0. The van der Waals surface area contributed by atoms with Crippen molar-refractivity contribution in [3.8, 4) is 17.2 Å². The van der Waals surface area contributed by atoms with Crippen molar-refractivity contribution in [2.24, 2.45) is 5.92 Å². The average Bonchev–Trinajstić information content (AvgIpc) is 2.78. The van der Waals surface area contributed by atoms with Crippen molar-refractivity contribution in [3.63, 3.8) is 0 Å². The Morgan fingerprint density at radius 2 is 1.37 bits per heavy atom. The molecule has 7 heteroatoms. The molecule has 0 bridgehead atoms. The lowest BCUT2D eigenvalue weighted by atomic mass is 9.70. The quantitative estimate of drug-likeness (QED) is 0.221. The summed E-state index contributed by atoms with van der Waals surface area (Å²) in [6.45, 7) is 29.6. The van der Waals surface area contributed by atoms with Gasteiger partial charge in [-0.3, -0.25) is 4.79 Å². The third kappa shape index (κ3) is 6.63. The lowest BCUT2D eigenvalue weighted by Gasteiger charge is -2.44. The molecular weight excluding hydrogens is 509 g/mol. The maximum atomic E-state index is 12.0. The summed E-state index contributed by atoms with van der Waals surface area (Å²) in [5.74, 6) is 3.49. The van der Waals surface area contributed by atoms with Gasteiger partial charge < -0.3 is 18.3 Å². The van der Waals surface area contributed by atoms with Gasteiger partial charge in [-0.1, -0.05) is 55.4 Å². The van der Waals surface area contributed by atoms with Gasteiger partial charge in [0.15, 0.2) is 11.5 Å². The molecule has 0 amide bonds. The van der Waals surface area contributed by atoms with E-state index in [1.165, 1.54) is 18.2 Å². The first-order valence-electron chi connectivity index (χ1n) is 14.4. The van der Waals surface area contributed by atoms with Crippen LogP contribution in [-0.2, 0) is 9.53 Å². The van der Waals surface area contributed by atoms with E-state index in [9.17, 15) is 4.79 Å². The highest BCUT2D eigenvalue weighted by atomic mass is 28.4. The summed E-state index contributed by atoms with van der Waals surface area (Å²) in [5, 5.41) is 0.113. The first kappa shape index (κ1) is 32.7. The van der Waals surface area contributed by atoms with Crippen LogP contribution in [0.25, 0.3) is 0 Å². The number of carbonyl (C=O) groups is 1. The zero-order valence-electron chi connectivity index (χ0n) is 27.1. The van der Waals surface area contributed by atoms with Crippen LogP contribution in [0, 0.1) is 12.8 Å². The molecule has 1 aromatic rings. The molecule has 1 aromatic carbocycles. The number of esters is 1. The first-order valence-corrected chi connectivity index (χ1v) is 20.2. The van der Waals surface area contributed by atoms with Crippen LogP contribution in [-0.4, -0.2) is 36.8 Å². The van der Waals surface area contributed by atoms with Crippen molar-refractivity contribution in [1.82, 2.24) is 0 Å². The Balaban J connectivity index is 2.89. The second-order valence-corrected chi connectivity index (χ2v) is 24.0. The molecule has 218 valence electrons. The molecule has 1 aliphatic carbocycles. The Bertz CT molecular complexity index is 1000.